The topological polar surface area (TPSA) is 38.3 Å². The third kappa shape index (κ3) is 2.24. The Labute approximate surface area is 118 Å². The molecule has 0 unspecified atom stereocenters. The molecule has 1 aliphatic rings. The van der Waals surface area contributed by atoms with Crippen LogP contribution in [0.4, 0.5) is 0 Å². The van der Waals surface area contributed by atoms with Crippen LogP contribution in [-0.2, 0) is 4.79 Å². The predicted molar refractivity (Wildman–Crippen MR) is 80.1 cm³/mol. The maximum absolute atomic E-state index is 11.5. The van der Waals surface area contributed by atoms with Gasteiger partial charge in [0.1, 0.15) is 5.75 Å². The Balaban J connectivity index is 1.97. The van der Waals surface area contributed by atoms with Crippen molar-refractivity contribution in [3.63, 3.8) is 0 Å². The summed E-state index contributed by atoms with van der Waals surface area (Å²) in [6.45, 7) is 1.88. The number of carbonyl (C=O) groups is 1. The van der Waals surface area contributed by atoms with Crippen molar-refractivity contribution in [1.82, 2.24) is 5.32 Å². The second-order valence-corrected chi connectivity index (χ2v) is 5.27. The molecule has 1 fully saturated rings. The Morgan fingerprint density at radius 2 is 2.10 bits per heavy atom. The summed E-state index contributed by atoms with van der Waals surface area (Å²) in [4.78, 5) is 11.5. The van der Waals surface area contributed by atoms with Gasteiger partial charge in [-0.3, -0.25) is 4.79 Å². The van der Waals surface area contributed by atoms with Crippen LogP contribution in [0, 0.1) is 0 Å². The number of amides is 1. The average molecular weight is 269 g/mol. The summed E-state index contributed by atoms with van der Waals surface area (Å²) in [6.07, 6.45) is 1.53. The van der Waals surface area contributed by atoms with Crippen molar-refractivity contribution >= 4 is 16.7 Å². The molecular formula is C17H19NO2. The lowest BCUT2D eigenvalue weighted by Crippen LogP contribution is -2.25. The molecule has 3 rings (SSSR count). The van der Waals surface area contributed by atoms with E-state index in [9.17, 15) is 4.79 Å². The lowest BCUT2D eigenvalue weighted by atomic mass is 9.99. The fourth-order valence-corrected chi connectivity index (χ4v) is 2.82. The normalized spacial score (nSPS) is 20.7. The van der Waals surface area contributed by atoms with Crippen molar-refractivity contribution in [3.05, 3.63) is 42.0 Å². The van der Waals surface area contributed by atoms with Gasteiger partial charge in [0.15, 0.2) is 0 Å². The van der Waals surface area contributed by atoms with E-state index in [0.29, 0.717) is 12.3 Å². The summed E-state index contributed by atoms with van der Waals surface area (Å²) in [5.74, 6) is 1.41. The molecular weight excluding hydrogens is 250 g/mol. The molecule has 104 valence electrons. The lowest BCUT2D eigenvalue weighted by Gasteiger charge is -2.12. The van der Waals surface area contributed by atoms with E-state index in [2.05, 4.69) is 23.5 Å². The van der Waals surface area contributed by atoms with Gasteiger partial charge >= 0.3 is 0 Å². The molecule has 1 N–H and O–H groups in total. The summed E-state index contributed by atoms with van der Waals surface area (Å²) in [7, 11) is 1.70. The van der Waals surface area contributed by atoms with Gasteiger partial charge in [-0.15, -0.1) is 0 Å². The van der Waals surface area contributed by atoms with Crippen molar-refractivity contribution in [2.45, 2.75) is 31.7 Å². The fourth-order valence-electron chi connectivity index (χ4n) is 2.82. The van der Waals surface area contributed by atoms with Crippen LogP contribution in [0.3, 0.4) is 0 Å². The number of ether oxygens (including phenoxy) is 1. The molecule has 0 aromatic heterocycles. The summed E-state index contributed by atoms with van der Waals surface area (Å²) >= 11 is 0. The Kier molecular flexibility index (Phi) is 3.35. The third-order valence-electron chi connectivity index (χ3n) is 3.98. The van der Waals surface area contributed by atoms with Crippen LogP contribution < -0.4 is 10.1 Å². The first-order valence-corrected chi connectivity index (χ1v) is 7.09. The molecule has 0 aliphatic heterocycles. The van der Waals surface area contributed by atoms with Crippen molar-refractivity contribution < 1.29 is 9.53 Å². The predicted octanol–water partition coefficient (Wildman–Crippen LogP) is 3.23. The molecule has 2 atom stereocenters. The summed E-state index contributed by atoms with van der Waals surface area (Å²) in [6, 6.07) is 12.7. The Morgan fingerprint density at radius 1 is 1.30 bits per heavy atom. The van der Waals surface area contributed by atoms with E-state index in [1.54, 1.807) is 7.11 Å². The zero-order valence-corrected chi connectivity index (χ0v) is 11.8. The van der Waals surface area contributed by atoms with Crippen LogP contribution in [-0.4, -0.2) is 19.1 Å². The monoisotopic (exact) mass is 269 g/mol. The van der Waals surface area contributed by atoms with E-state index in [4.69, 9.17) is 4.74 Å². The zero-order valence-electron chi connectivity index (χ0n) is 11.8. The molecule has 1 aliphatic carbocycles. The number of hydrogen-bond acceptors (Lipinski definition) is 2. The number of carbonyl (C=O) groups excluding carboxylic acids is 1. The van der Waals surface area contributed by atoms with E-state index in [1.807, 2.05) is 25.1 Å². The van der Waals surface area contributed by atoms with E-state index in [-0.39, 0.29) is 11.9 Å². The van der Waals surface area contributed by atoms with Gasteiger partial charge in [-0.2, -0.15) is 0 Å². The van der Waals surface area contributed by atoms with Gasteiger partial charge < -0.3 is 10.1 Å². The smallest absolute Gasteiger partial charge is 0.219 e. The molecule has 1 saturated carbocycles. The van der Waals surface area contributed by atoms with Crippen molar-refractivity contribution in [2.75, 3.05) is 7.11 Å². The van der Waals surface area contributed by atoms with Gasteiger partial charge in [-0.25, -0.2) is 0 Å². The van der Waals surface area contributed by atoms with Crippen LogP contribution in [0.2, 0.25) is 0 Å². The van der Waals surface area contributed by atoms with E-state index < -0.39 is 0 Å². The summed E-state index contributed by atoms with van der Waals surface area (Å²) in [5, 5.41) is 5.52. The van der Waals surface area contributed by atoms with Crippen molar-refractivity contribution in [1.29, 1.82) is 0 Å². The molecule has 0 saturated heterocycles. The number of hydrogen-bond donors (Lipinski definition) is 1. The molecule has 0 heterocycles. The Morgan fingerprint density at radius 3 is 2.85 bits per heavy atom. The van der Waals surface area contributed by atoms with Crippen LogP contribution in [0.1, 0.15) is 31.2 Å². The molecule has 0 bridgehead atoms. The minimum Gasteiger partial charge on any atom is -0.496 e. The van der Waals surface area contributed by atoms with Gasteiger partial charge in [0, 0.05) is 23.9 Å². The van der Waals surface area contributed by atoms with E-state index in [1.165, 1.54) is 16.3 Å². The first kappa shape index (κ1) is 13.0. The minimum atomic E-state index is 0.122. The Hall–Kier alpha value is -2.03. The van der Waals surface area contributed by atoms with Crippen molar-refractivity contribution in [3.8, 4) is 5.75 Å². The number of fused-ring (bicyclic) bond motifs is 1. The van der Waals surface area contributed by atoms with Crippen LogP contribution in [0.15, 0.2) is 36.4 Å². The van der Waals surface area contributed by atoms with Crippen molar-refractivity contribution in [2.24, 2.45) is 0 Å². The first-order valence-electron chi connectivity index (χ1n) is 7.09. The Bertz CT molecular complexity index is 650. The van der Waals surface area contributed by atoms with E-state index in [0.717, 1.165) is 12.2 Å². The number of rotatable bonds is 4. The molecule has 1 amide bonds. The van der Waals surface area contributed by atoms with Gasteiger partial charge in [0.05, 0.1) is 7.11 Å². The number of methoxy groups -OCH3 is 1. The lowest BCUT2D eigenvalue weighted by molar-refractivity contribution is -0.120. The van der Waals surface area contributed by atoms with Crippen LogP contribution in [0.25, 0.3) is 10.8 Å². The maximum atomic E-state index is 11.5. The highest BCUT2D eigenvalue weighted by molar-refractivity contribution is 5.89. The van der Waals surface area contributed by atoms with Gasteiger partial charge in [-0.1, -0.05) is 37.3 Å². The second-order valence-electron chi connectivity index (χ2n) is 5.27. The number of nitrogens with one attached hydrogen (secondary N) is 1. The van der Waals surface area contributed by atoms with Gasteiger partial charge in [0.25, 0.3) is 0 Å². The summed E-state index contributed by atoms with van der Waals surface area (Å²) in [5.41, 5.74) is 1.23. The second kappa shape index (κ2) is 5.16. The maximum Gasteiger partial charge on any atom is 0.219 e. The fraction of sp³-hybridized carbons (Fsp3) is 0.353. The minimum absolute atomic E-state index is 0.122. The standard InChI is InChI=1S/C17H19NO2/c1-3-16(19)18-14-10-13(14)17-12-7-5-4-6-11(12)8-9-15(17)20-2/h4-9,13-14H,3,10H2,1-2H3,(H,18,19)/t13-,14-/m1/s1. The van der Waals surface area contributed by atoms with Gasteiger partial charge in [-0.05, 0) is 23.3 Å². The molecule has 0 spiro atoms. The molecule has 3 nitrogen and oxygen atoms in total. The average Bonchev–Trinajstić information content (AvgIpc) is 3.24. The molecule has 20 heavy (non-hydrogen) atoms. The largest absolute Gasteiger partial charge is 0.496 e. The first-order chi connectivity index (χ1) is 9.74. The highest BCUT2D eigenvalue weighted by Gasteiger charge is 2.41. The highest BCUT2D eigenvalue weighted by Crippen LogP contribution is 2.47. The number of benzene rings is 2. The van der Waals surface area contributed by atoms with Crippen LogP contribution >= 0.6 is 0 Å². The highest BCUT2D eigenvalue weighted by atomic mass is 16.5. The molecule has 2 aromatic rings. The third-order valence-corrected chi connectivity index (χ3v) is 3.98. The molecule has 3 heteroatoms. The van der Waals surface area contributed by atoms with E-state index >= 15 is 0 Å². The SMILES string of the molecule is CCC(=O)N[C@@H]1C[C@H]1c1c(OC)ccc2ccccc12. The summed E-state index contributed by atoms with van der Waals surface area (Å²) < 4.78 is 5.52. The zero-order chi connectivity index (χ0) is 14.1. The molecule has 2 aromatic carbocycles. The quantitative estimate of drug-likeness (QED) is 0.925. The molecule has 0 radical (unpaired) electrons. The van der Waals surface area contributed by atoms with Gasteiger partial charge in [0.2, 0.25) is 5.91 Å². The van der Waals surface area contributed by atoms with Crippen LogP contribution in [0.5, 0.6) is 5.75 Å².